The Balaban J connectivity index is 2.28. The molecule has 0 unspecified atom stereocenters. The Labute approximate surface area is 142 Å². The predicted octanol–water partition coefficient (Wildman–Crippen LogP) is 0.903. The molecular weight excluding hydrogens is 334 g/mol. The molecule has 9 heteroatoms. The van der Waals surface area contributed by atoms with E-state index in [4.69, 9.17) is 5.11 Å². The van der Waals surface area contributed by atoms with Gasteiger partial charge in [-0.15, -0.1) is 0 Å². The van der Waals surface area contributed by atoms with Gasteiger partial charge in [0, 0.05) is 39.4 Å². The standard InChI is InChI=1S/C16H18F2N4O3/c1-19-22-8-10(16(24)25)15(23)9-7-11(17)14(12(18)13(9)22)21-5-3-20(2)4-6-21/h7-8,19H,3-6H2,1-2H3,(H,24,25). The molecule has 0 amide bonds. The van der Waals surface area contributed by atoms with E-state index < -0.39 is 28.6 Å². The van der Waals surface area contributed by atoms with Crippen molar-refractivity contribution in [1.29, 1.82) is 0 Å². The summed E-state index contributed by atoms with van der Waals surface area (Å²) >= 11 is 0. The molecule has 0 aliphatic carbocycles. The van der Waals surface area contributed by atoms with Crippen molar-refractivity contribution in [1.82, 2.24) is 9.58 Å². The van der Waals surface area contributed by atoms with Gasteiger partial charge in [0.25, 0.3) is 0 Å². The van der Waals surface area contributed by atoms with Crippen molar-refractivity contribution in [2.75, 3.05) is 50.6 Å². The van der Waals surface area contributed by atoms with Crippen molar-refractivity contribution in [3.8, 4) is 0 Å². The molecule has 2 heterocycles. The predicted molar refractivity (Wildman–Crippen MR) is 90.1 cm³/mol. The molecule has 2 N–H and O–H groups in total. The maximum atomic E-state index is 15.1. The first-order chi connectivity index (χ1) is 11.8. The van der Waals surface area contributed by atoms with Crippen LogP contribution in [0.1, 0.15) is 10.4 Å². The van der Waals surface area contributed by atoms with Gasteiger partial charge in [-0.1, -0.05) is 0 Å². The zero-order valence-corrected chi connectivity index (χ0v) is 13.8. The van der Waals surface area contributed by atoms with Crippen molar-refractivity contribution in [3.63, 3.8) is 0 Å². The fraction of sp³-hybridized carbons (Fsp3) is 0.375. The number of carboxylic acids is 1. The van der Waals surface area contributed by atoms with Crippen LogP contribution in [0.15, 0.2) is 17.1 Å². The van der Waals surface area contributed by atoms with E-state index in [1.54, 1.807) is 4.90 Å². The van der Waals surface area contributed by atoms with E-state index >= 15 is 4.39 Å². The molecule has 1 saturated heterocycles. The minimum absolute atomic E-state index is 0.173. The second kappa shape index (κ2) is 6.32. The monoisotopic (exact) mass is 352 g/mol. The summed E-state index contributed by atoms with van der Waals surface area (Å²) in [6.45, 7) is 2.22. The van der Waals surface area contributed by atoms with Gasteiger partial charge in [0.15, 0.2) is 5.82 Å². The number of halogens is 2. The normalized spacial score (nSPS) is 15.6. The highest BCUT2D eigenvalue weighted by molar-refractivity contribution is 5.94. The third kappa shape index (κ3) is 2.80. The lowest BCUT2D eigenvalue weighted by atomic mass is 10.1. The summed E-state index contributed by atoms with van der Waals surface area (Å²) in [5, 5.41) is 8.81. The lowest BCUT2D eigenvalue weighted by Gasteiger charge is -2.34. The Kier molecular flexibility index (Phi) is 4.34. The van der Waals surface area contributed by atoms with E-state index in [1.165, 1.54) is 7.05 Å². The number of likely N-dealkylation sites (N-methyl/N-ethyl adjacent to an activating group) is 1. The molecule has 0 bridgehead atoms. The van der Waals surface area contributed by atoms with Crippen molar-refractivity contribution in [2.24, 2.45) is 0 Å². The number of piperazine rings is 1. The molecule has 25 heavy (non-hydrogen) atoms. The first-order valence-corrected chi connectivity index (χ1v) is 7.77. The second-order valence-corrected chi connectivity index (χ2v) is 5.98. The smallest absolute Gasteiger partial charge is 0.341 e. The van der Waals surface area contributed by atoms with Crippen LogP contribution in [0.5, 0.6) is 0 Å². The Morgan fingerprint density at radius 2 is 1.88 bits per heavy atom. The van der Waals surface area contributed by atoms with Crippen LogP contribution in [-0.2, 0) is 0 Å². The molecule has 0 atom stereocenters. The number of carbonyl (C=O) groups is 1. The third-order valence-corrected chi connectivity index (χ3v) is 4.45. The quantitative estimate of drug-likeness (QED) is 0.855. The van der Waals surface area contributed by atoms with Crippen LogP contribution in [0.3, 0.4) is 0 Å². The average Bonchev–Trinajstić information content (AvgIpc) is 2.57. The Hall–Kier alpha value is -2.68. The first kappa shape index (κ1) is 17.2. The van der Waals surface area contributed by atoms with Crippen LogP contribution in [0.4, 0.5) is 14.5 Å². The van der Waals surface area contributed by atoms with Gasteiger partial charge in [-0.2, -0.15) is 0 Å². The molecule has 1 aromatic heterocycles. The van der Waals surface area contributed by atoms with Crippen molar-refractivity contribution < 1.29 is 18.7 Å². The fourth-order valence-electron chi connectivity index (χ4n) is 3.05. The number of benzene rings is 1. The highest BCUT2D eigenvalue weighted by atomic mass is 19.1. The van der Waals surface area contributed by atoms with Crippen LogP contribution >= 0.6 is 0 Å². The van der Waals surface area contributed by atoms with Crippen molar-refractivity contribution >= 4 is 22.6 Å². The number of nitrogens with zero attached hydrogens (tertiary/aromatic N) is 3. The molecule has 0 radical (unpaired) electrons. The van der Waals surface area contributed by atoms with Gasteiger partial charge in [-0.3, -0.25) is 9.47 Å². The van der Waals surface area contributed by atoms with Gasteiger partial charge in [-0.25, -0.2) is 13.6 Å². The van der Waals surface area contributed by atoms with Gasteiger partial charge >= 0.3 is 5.97 Å². The van der Waals surface area contributed by atoms with E-state index in [0.717, 1.165) is 16.9 Å². The molecule has 1 aliphatic heterocycles. The van der Waals surface area contributed by atoms with Gasteiger partial charge < -0.3 is 20.3 Å². The minimum Gasteiger partial charge on any atom is -0.477 e. The van der Waals surface area contributed by atoms with Gasteiger partial charge in [-0.05, 0) is 13.1 Å². The van der Waals surface area contributed by atoms with Crippen LogP contribution < -0.4 is 15.8 Å². The van der Waals surface area contributed by atoms with E-state index in [1.807, 2.05) is 7.05 Å². The SMILES string of the molecule is CNn1cc(C(=O)O)c(=O)c2cc(F)c(N3CCN(C)CC3)c(F)c21. The molecule has 0 saturated carbocycles. The molecule has 0 spiro atoms. The zero-order valence-electron chi connectivity index (χ0n) is 13.8. The molecule has 1 aliphatic rings. The number of aromatic nitrogens is 1. The average molecular weight is 352 g/mol. The van der Waals surface area contributed by atoms with Gasteiger partial charge in [0.2, 0.25) is 5.43 Å². The lowest BCUT2D eigenvalue weighted by molar-refractivity contribution is 0.0695. The summed E-state index contributed by atoms with van der Waals surface area (Å²) in [6.07, 6.45) is 1.00. The number of aromatic carboxylic acids is 1. The molecule has 134 valence electrons. The van der Waals surface area contributed by atoms with E-state index in [0.29, 0.717) is 26.2 Å². The summed E-state index contributed by atoms with van der Waals surface area (Å²) in [4.78, 5) is 27.2. The lowest BCUT2D eigenvalue weighted by Crippen LogP contribution is -2.45. The van der Waals surface area contributed by atoms with Gasteiger partial charge in [0.05, 0.1) is 5.39 Å². The largest absolute Gasteiger partial charge is 0.477 e. The number of carboxylic acid groups (broad SMARTS) is 1. The number of fused-ring (bicyclic) bond motifs is 1. The molecule has 1 fully saturated rings. The number of hydrogen-bond acceptors (Lipinski definition) is 5. The highest BCUT2D eigenvalue weighted by Gasteiger charge is 2.26. The molecule has 7 nitrogen and oxygen atoms in total. The molecule has 1 aromatic carbocycles. The van der Waals surface area contributed by atoms with Crippen molar-refractivity contribution in [2.45, 2.75) is 0 Å². The summed E-state index contributed by atoms with van der Waals surface area (Å²) < 4.78 is 30.8. The molecular formula is C16H18F2N4O3. The fourth-order valence-corrected chi connectivity index (χ4v) is 3.05. The van der Waals surface area contributed by atoms with Crippen LogP contribution in [0, 0.1) is 11.6 Å². The summed E-state index contributed by atoms with van der Waals surface area (Å²) in [5.74, 6) is -3.22. The number of pyridine rings is 1. The van der Waals surface area contributed by atoms with Crippen LogP contribution in [0.2, 0.25) is 0 Å². The topological polar surface area (TPSA) is 77.8 Å². The maximum absolute atomic E-state index is 15.1. The summed E-state index contributed by atoms with van der Waals surface area (Å²) in [6, 6.07) is 0.911. The number of anilines is 1. The minimum atomic E-state index is -1.46. The zero-order chi connectivity index (χ0) is 18.3. The number of nitrogens with one attached hydrogen (secondary N) is 1. The first-order valence-electron chi connectivity index (χ1n) is 7.77. The molecule has 3 rings (SSSR count). The van der Waals surface area contributed by atoms with Crippen molar-refractivity contribution in [3.05, 3.63) is 39.7 Å². The Bertz CT molecular complexity index is 905. The van der Waals surface area contributed by atoms with Crippen LogP contribution in [0.25, 0.3) is 10.9 Å². The molecule has 2 aromatic rings. The van der Waals surface area contributed by atoms with E-state index in [2.05, 4.69) is 10.3 Å². The van der Waals surface area contributed by atoms with E-state index in [9.17, 15) is 14.0 Å². The number of hydrogen-bond donors (Lipinski definition) is 2. The van der Waals surface area contributed by atoms with Crippen LogP contribution in [-0.4, -0.2) is 60.9 Å². The summed E-state index contributed by atoms with van der Waals surface area (Å²) in [5.41, 5.74) is 0.758. The maximum Gasteiger partial charge on any atom is 0.341 e. The van der Waals surface area contributed by atoms with E-state index in [-0.39, 0.29) is 16.6 Å². The Morgan fingerprint density at radius 3 is 2.44 bits per heavy atom. The Morgan fingerprint density at radius 1 is 1.24 bits per heavy atom. The third-order valence-electron chi connectivity index (χ3n) is 4.45. The second-order valence-electron chi connectivity index (χ2n) is 5.98. The summed E-state index contributed by atoms with van der Waals surface area (Å²) in [7, 11) is 3.38. The van der Waals surface area contributed by atoms with Gasteiger partial charge in [0.1, 0.15) is 22.6 Å². The highest BCUT2D eigenvalue weighted by Crippen LogP contribution is 2.30. The number of rotatable bonds is 3.